The number of thiazole rings is 1. The van der Waals surface area contributed by atoms with Gasteiger partial charge < -0.3 is 14.6 Å². The maximum absolute atomic E-state index is 13.4. The molecule has 0 radical (unpaired) electrons. The zero-order chi connectivity index (χ0) is 28.2. The Morgan fingerprint density at radius 2 is 1.73 bits per heavy atom. The molecule has 5 rings (SSSR count). The first-order valence-corrected chi connectivity index (χ1v) is 13.3. The molecule has 40 heavy (non-hydrogen) atoms. The topological polar surface area (TPSA) is 119 Å². The van der Waals surface area contributed by atoms with Gasteiger partial charge in [0.15, 0.2) is 5.13 Å². The molecule has 4 aromatic rings. The standard InChI is InChI=1S/C30H25N3O6S/c1-3-38-29(37)27-18(2)32-30(40-27)33-24(23(26(35)28(33)36)25(34)21-13-15-31-16-14-21)20-9-11-22(12-10-20)39-17-19-7-5-4-6-8-19/h4-16,24,34H,3,17H2,1-2H3/b25-23+. The molecule has 0 aliphatic carbocycles. The number of benzene rings is 2. The first-order valence-electron chi connectivity index (χ1n) is 12.5. The highest BCUT2D eigenvalue weighted by Crippen LogP contribution is 2.44. The SMILES string of the molecule is CCOC(=O)c1sc(N2C(=O)C(=O)/C(=C(/O)c3ccncc3)C2c2ccc(OCc3ccccc3)cc2)nc1C. The number of carbonyl (C=O) groups excluding carboxylic acids is 3. The maximum Gasteiger partial charge on any atom is 0.350 e. The Balaban J connectivity index is 1.56. The van der Waals surface area contributed by atoms with E-state index in [1.807, 2.05) is 30.3 Å². The van der Waals surface area contributed by atoms with Crippen LogP contribution in [-0.2, 0) is 20.9 Å². The van der Waals surface area contributed by atoms with E-state index in [1.54, 1.807) is 50.2 Å². The monoisotopic (exact) mass is 555 g/mol. The zero-order valence-corrected chi connectivity index (χ0v) is 22.6. The number of aliphatic hydroxyl groups is 1. The van der Waals surface area contributed by atoms with Crippen molar-refractivity contribution in [3.63, 3.8) is 0 Å². The van der Waals surface area contributed by atoms with Gasteiger partial charge in [0, 0.05) is 18.0 Å². The minimum absolute atomic E-state index is 0.0975. The van der Waals surface area contributed by atoms with Gasteiger partial charge >= 0.3 is 11.9 Å². The molecule has 2 aromatic carbocycles. The van der Waals surface area contributed by atoms with Gasteiger partial charge in [-0.25, -0.2) is 9.78 Å². The first-order chi connectivity index (χ1) is 19.4. The lowest BCUT2D eigenvalue weighted by molar-refractivity contribution is -0.132. The van der Waals surface area contributed by atoms with Crippen LogP contribution in [0.4, 0.5) is 5.13 Å². The molecule has 1 saturated heterocycles. The molecule has 1 aliphatic heterocycles. The summed E-state index contributed by atoms with van der Waals surface area (Å²) in [6.07, 6.45) is 2.96. The molecule has 1 amide bonds. The molecular weight excluding hydrogens is 530 g/mol. The van der Waals surface area contributed by atoms with Gasteiger partial charge in [-0.2, -0.15) is 0 Å². The molecule has 1 aliphatic rings. The summed E-state index contributed by atoms with van der Waals surface area (Å²) < 4.78 is 11.0. The van der Waals surface area contributed by atoms with E-state index in [0.29, 0.717) is 29.2 Å². The normalized spacial score (nSPS) is 16.2. The van der Waals surface area contributed by atoms with Crippen molar-refractivity contribution in [1.29, 1.82) is 0 Å². The van der Waals surface area contributed by atoms with E-state index in [1.165, 1.54) is 17.3 Å². The van der Waals surface area contributed by atoms with Crippen LogP contribution in [0.25, 0.3) is 5.76 Å². The average Bonchev–Trinajstić information content (AvgIpc) is 3.49. The molecule has 0 bridgehead atoms. The minimum atomic E-state index is -1.00. The Morgan fingerprint density at radius 3 is 2.40 bits per heavy atom. The predicted molar refractivity (Wildman–Crippen MR) is 149 cm³/mol. The molecule has 9 nitrogen and oxygen atoms in total. The second-order valence-corrected chi connectivity index (χ2v) is 9.86. The number of ether oxygens (including phenoxy) is 2. The zero-order valence-electron chi connectivity index (χ0n) is 21.7. The lowest BCUT2D eigenvalue weighted by atomic mass is 9.95. The second kappa shape index (κ2) is 11.5. The molecule has 0 spiro atoms. The Hall–Kier alpha value is -4.83. The number of anilines is 1. The van der Waals surface area contributed by atoms with Crippen molar-refractivity contribution in [2.24, 2.45) is 0 Å². The Labute approximate surface area is 234 Å². The molecule has 10 heteroatoms. The molecule has 3 heterocycles. The first kappa shape index (κ1) is 26.8. The van der Waals surface area contributed by atoms with Crippen LogP contribution in [0.3, 0.4) is 0 Å². The molecule has 0 saturated carbocycles. The summed E-state index contributed by atoms with van der Waals surface area (Å²) in [5.41, 5.74) is 2.17. The quantitative estimate of drug-likeness (QED) is 0.136. The third kappa shape index (κ3) is 5.21. The third-order valence-electron chi connectivity index (χ3n) is 6.29. The van der Waals surface area contributed by atoms with E-state index in [9.17, 15) is 19.5 Å². The van der Waals surface area contributed by atoms with Crippen molar-refractivity contribution in [2.75, 3.05) is 11.5 Å². The molecule has 202 valence electrons. The lowest BCUT2D eigenvalue weighted by Gasteiger charge is -2.23. The number of hydrogen-bond acceptors (Lipinski definition) is 9. The van der Waals surface area contributed by atoms with Crippen molar-refractivity contribution < 1.29 is 29.0 Å². The fourth-order valence-corrected chi connectivity index (χ4v) is 5.36. The van der Waals surface area contributed by atoms with Crippen LogP contribution in [-0.4, -0.2) is 39.3 Å². The van der Waals surface area contributed by atoms with Crippen LogP contribution in [0, 0.1) is 6.92 Å². The number of Topliss-reactive ketones (excluding diaryl/α,β-unsaturated/α-hetero) is 1. The van der Waals surface area contributed by atoms with E-state index in [4.69, 9.17) is 9.47 Å². The number of pyridine rings is 1. The molecule has 2 aromatic heterocycles. The highest BCUT2D eigenvalue weighted by Gasteiger charge is 2.48. The number of ketones is 1. The number of aromatic nitrogens is 2. The van der Waals surface area contributed by atoms with Gasteiger partial charge in [-0.1, -0.05) is 53.8 Å². The summed E-state index contributed by atoms with van der Waals surface area (Å²) >= 11 is 0.956. The van der Waals surface area contributed by atoms with Crippen molar-refractivity contribution in [1.82, 2.24) is 9.97 Å². The van der Waals surface area contributed by atoms with Crippen molar-refractivity contribution in [3.8, 4) is 5.75 Å². The van der Waals surface area contributed by atoms with Gasteiger partial charge in [0.25, 0.3) is 5.78 Å². The molecule has 1 atom stereocenters. The number of aliphatic hydroxyl groups excluding tert-OH is 1. The fraction of sp³-hybridized carbons (Fsp3) is 0.167. The van der Waals surface area contributed by atoms with Gasteiger partial charge in [-0.05, 0) is 49.2 Å². The van der Waals surface area contributed by atoms with E-state index < -0.39 is 23.7 Å². The Morgan fingerprint density at radius 1 is 1.02 bits per heavy atom. The summed E-state index contributed by atoms with van der Waals surface area (Å²) in [6, 6.07) is 18.7. The average molecular weight is 556 g/mol. The largest absolute Gasteiger partial charge is 0.507 e. The van der Waals surface area contributed by atoms with Crippen LogP contribution in [0.15, 0.2) is 84.7 Å². The van der Waals surface area contributed by atoms with Gasteiger partial charge in [-0.3, -0.25) is 19.5 Å². The Kier molecular flexibility index (Phi) is 7.70. The highest BCUT2D eigenvalue weighted by atomic mass is 32.1. The summed E-state index contributed by atoms with van der Waals surface area (Å²) in [6.45, 7) is 3.88. The van der Waals surface area contributed by atoms with Crippen LogP contribution >= 0.6 is 11.3 Å². The van der Waals surface area contributed by atoms with E-state index >= 15 is 0 Å². The van der Waals surface area contributed by atoms with E-state index in [2.05, 4.69) is 9.97 Å². The fourth-order valence-electron chi connectivity index (χ4n) is 4.37. The van der Waals surface area contributed by atoms with Crippen LogP contribution < -0.4 is 9.64 Å². The summed E-state index contributed by atoms with van der Waals surface area (Å²) in [4.78, 5) is 49.1. The van der Waals surface area contributed by atoms with E-state index in [0.717, 1.165) is 16.9 Å². The van der Waals surface area contributed by atoms with E-state index in [-0.39, 0.29) is 27.9 Å². The Bertz CT molecular complexity index is 1580. The number of hydrogen-bond donors (Lipinski definition) is 1. The third-order valence-corrected chi connectivity index (χ3v) is 7.43. The number of rotatable bonds is 8. The lowest BCUT2D eigenvalue weighted by Crippen LogP contribution is -2.29. The smallest absolute Gasteiger partial charge is 0.350 e. The number of esters is 1. The predicted octanol–water partition coefficient (Wildman–Crippen LogP) is 5.23. The number of carbonyl (C=O) groups is 3. The highest BCUT2D eigenvalue weighted by molar-refractivity contribution is 7.17. The molecule has 1 unspecified atom stereocenters. The summed E-state index contributed by atoms with van der Waals surface area (Å²) in [7, 11) is 0. The number of aryl methyl sites for hydroxylation is 1. The summed E-state index contributed by atoms with van der Waals surface area (Å²) in [5, 5.41) is 11.4. The van der Waals surface area contributed by atoms with Gasteiger partial charge in [0.2, 0.25) is 0 Å². The number of nitrogens with zero attached hydrogens (tertiary/aromatic N) is 3. The van der Waals surface area contributed by atoms with Crippen molar-refractivity contribution >= 4 is 39.9 Å². The summed E-state index contributed by atoms with van der Waals surface area (Å²) in [5.74, 6) is -2.04. The van der Waals surface area contributed by atoms with Crippen LogP contribution in [0.1, 0.15) is 45.0 Å². The number of amides is 1. The second-order valence-electron chi connectivity index (χ2n) is 8.88. The van der Waals surface area contributed by atoms with Gasteiger partial charge in [-0.15, -0.1) is 0 Å². The molecule has 1 fully saturated rings. The molecule has 1 N–H and O–H groups in total. The van der Waals surface area contributed by atoms with Gasteiger partial charge in [0.1, 0.15) is 23.0 Å². The van der Waals surface area contributed by atoms with Crippen molar-refractivity contribution in [3.05, 3.63) is 112 Å². The maximum atomic E-state index is 13.4. The van der Waals surface area contributed by atoms with Crippen LogP contribution in [0.2, 0.25) is 0 Å². The van der Waals surface area contributed by atoms with Crippen LogP contribution in [0.5, 0.6) is 5.75 Å². The molecular formula is C30H25N3O6S. The van der Waals surface area contributed by atoms with Crippen molar-refractivity contribution in [2.45, 2.75) is 26.5 Å². The van der Waals surface area contributed by atoms with Gasteiger partial charge in [0.05, 0.1) is 23.9 Å². The minimum Gasteiger partial charge on any atom is -0.507 e.